The SMILES string of the molecule is CNS(=O)(=O)c1ccc(N)c(NCC2CCSCC2)c1. The maximum atomic E-state index is 11.8. The first kappa shape index (κ1) is 15.5. The molecule has 0 bridgehead atoms. The molecule has 1 aliphatic rings. The topological polar surface area (TPSA) is 84.2 Å². The number of hydrogen-bond acceptors (Lipinski definition) is 5. The predicted molar refractivity (Wildman–Crippen MR) is 85.6 cm³/mol. The fourth-order valence-electron chi connectivity index (χ4n) is 2.18. The summed E-state index contributed by atoms with van der Waals surface area (Å²) in [6, 6.07) is 4.74. The van der Waals surface area contributed by atoms with Crippen LogP contribution in [0.1, 0.15) is 12.8 Å². The Morgan fingerprint density at radius 1 is 1.35 bits per heavy atom. The summed E-state index contributed by atoms with van der Waals surface area (Å²) in [5, 5.41) is 3.29. The van der Waals surface area contributed by atoms with E-state index in [-0.39, 0.29) is 4.90 Å². The molecule has 0 spiro atoms. The van der Waals surface area contributed by atoms with Crippen LogP contribution in [0.2, 0.25) is 0 Å². The molecule has 1 aromatic rings. The molecule has 4 N–H and O–H groups in total. The average Bonchev–Trinajstić information content (AvgIpc) is 2.47. The number of thioether (sulfide) groups is 1. The zero-order valence-corrected chi connectivity index (χ0v) is 13.2. The molecule has 2 rings (SSSR count). The highest BCUT2D eigenvalue weighted by Crippen LogP contribution is 2.26. The third-order valence-corrected chi connectivity index (χ3v) is 5.99. The van der Waals surface area contributed by atoms with Gasteiger partial charge in [0.2, 0.25) is 10.0 Å². The maximum absolute atomic E-state index is 11.8. The summed E-state index contributed by atoms with van der Waals surface area (Å²) in [6.45, 7) is 0.841. The van der Waals surface area contributed by atoms with E-state index in [1.54, 1.807) is 12.1 Å². The summed E-state index contributed by atoms with van der Waals surface area (Å²) in [6.07, 6.45) is 2.40. The molecule has 0 radical (unpaired) electrons. The van der Waals surface area contributed by atoms with Gasteiger partial charge in [0.1, 0.15) is 0 Å². The normalized spacial score (nSPS) is 17.1. The lowest BCUT2D eigenvalue weighted by molar-refractivity contribution is 0.516. The average molecular weight is 315 g/mol. The quantitative estimate of drug-likeness (QED) is 0.721. The summed E-state index contributed by atoms with van der Waals surface area (Å²) >= 11 is 1.99. The van der Waals surface area contributed by atoms with Crippen molar-refractivity contribution >= 4 is 33.2 Å². The lowest BCUT2D eigenvalue weighted by atomic mass is 10.0. The molecule has 1 aromatic carbocycles. The van der Waals surface area contributed by atoms with Crippen molar-refractivity contribution in [3.8, 4) is 0 Å². The van der Waals surface area contributed by atoms with Crippen LogP contribution in [-0.4, -0.2) is 33.5 Å². The smallest absolute Gasteiger partial charge is 0.240 e. The lowest BCUT2D eigenvalue weighted by Crippen LogP contribution is -2.21. The Kier molecular flexibility index (Phi) is 5.17. The molecule has 20 heavy (non-hydrogen) atoms. The van der Waals surface area contributed by atoms with E-state index < -0.39 is 10.0 Å². The number of hydrogen-bond donors (Lipinski definition) is 3. The van der Waals surface area contributed by atoms with Crippen LogP contribution < -0.4 is 15.8 Å². The number of sulfonamides is 1. The second kappa shape index (κ2) is 6.69. The Balaban J connectivity index is 2.08. The van der Waals surface area contributed by atoms with E-state index in [0.29, 0.717) is 17.3 Å². The zero-order chi connectivity index (χ0) is 14.6. The first-order valence-electron chi connectivity index (χ1n) is 6.67. The molecule has 0 aliphatic carbocycles. The number of nitrogens with two attached hydrogens (primary N) is 1. The van der Waals surface area contributed by atoms with Crippen molar-refractivity contribution in [3.05, 3.63) is 18.2 Å². The number of nitrogen functional groups attached to an aromatic ring is 1. The second-order valence-electron chi connectivity index (χ2n) is 4.89. The molecule has 1 heterocycles. The van der Waals surface area contributed by atoms with E-state index in [2.05, 4.69) is 10.0 Å². The van der Waals surface area contributed by atoms with Crippen LogP contribution in [-0.2, 0) is 10.0 Å². The van der Waals surface area contributed by atoms with Gasteiger partial charge in [0.25, 0.3) is 0 Å². The van der Waals surface area contributed by atoms with Crippen LogP contribution in [0.5, 0.6) is 0 Å². The van der Waals surface area contributed by atoms with Gasteiger partial charge in [-0.2, -0.15) is 11.8 Å². The summed E-state index contributed by atoms with van der Waals surface area (Å²) in [4.78, 5) is 0.232. The van der Waals surface area contributed by atoms with Crippen molar-refractivity contribution in [3.63, 3.8) is 0 Å². The Morgan fingerprint density at radius 2 is 2.05 bits per heavy atom. The third kappa shape index (κ3) is 3.80. The van der Waals surface area contributed by atoms with Crippen molar-refractivity contribution in [2.75, 3.05) is 36.1 Å². The minimum Gasteiger partial charge on any atom is -0.397 e. The molecule has 1 fully saturated rings. The fourth-order valence-corrected chi connectivity index (χ4v) is 4.14. The molecule has 5 nitrogen and oxygen atoms in total. The van der Waals surface area contributed by atoms with Crippen LogP contribution in [0.15, 0.2) is 23.1 Å². The fraction of sp³-hybridized carbons (Fsp3) is 0.538. The van der Waals surface area contributed by atoms with Gasteiger partial charge in [0.05, 0.1) is 16.3 Å². The van der Waals surface area contributed by atoms with Crippen molar-refractivity contribution in [2.45, 2.75) is 17.7 Å². The van der Waals surface area contributed by atoms with Crippen molar-refractivity contribution in [1.29, 1.82) is 0 Å². The Labute approximate surface area is 124 Å². The standard InChI is InChI=1S/C13H21N3O2S2/c1-15-20(17,18)11-2-3-12(14)13(8-11)16-9-10-4-6-19-7-5-10/h2-3,8,10,15-16H,4-7,9,14H2,1H3. The van der Waals surface area contributed by atoms with Crippen molar-refractivity contribution in [1.82, 2.24) is 4.72 Å². The lowest BCUT2D eigenvalue weighted by Gasteiger charge is -2.22. The molecule has 0 saturated carbocycles. The molecule has 0 aromatic heterocycles. The molecule has 0 unspecified atom stereocenters. The zero-order valence-electron chi connectivity index (χ0n) is 11.6. The van der Waals surface area contributed by atoms with Crippen LogP contribution >= 0.6 is 11.8 Å². The molecule has 112 valence electrons. The van der Waals surface area contributed by atoms with Crippen LogP contribution in [0.25, 0.3) is 0 Å². The summed E-state index contributed by atoms with van der Waals surface area (Å²) in [7, 11) is -2.03. The molecule has 1 saturated heterocycles. The Bertz CT molecular complexity index is 555. The molecule has 0 amide bonds. The van der Waals surface area contributed by atoms with Crippen LogP contribution in [0.3, 0.4) is 0 Å². The van der Waals surface area contributed by atoms with Gasteiger partial charge in [0, 0.05) is 6.54 Å². The Hall–Kier alpha value is -0.920. The van der Waals surface area contributed by atoms with Crippen LogP contribution in [0, 0.1) is 5.92 Å². The second-order valence-corrected chi connectivity index (χ2v) is 8.00. The highest BCUT2D eigenvalue weighted by molar-refractivity contribution is 7.99. The van der Waals surface area contributed by atoms with Gasteiger partial charge in [0.15, 0.2) is 0 Å². The summed E-state index contributed by atoms with van der Waals surface area (Å²) in [5.74, 6) is 3.05. The highest BCUT2D eigenvalue weighted by Gasteiger charge is 2.16. The monoisotopic (exact) mass is 315 g/mol. The van der Waals surface area contributed by atoms with Gasteiger partial charge in [-0.1, -0.05) is 0 Å². The van der Waals surface area contributed by atoms with Crippen LogP contribution in [0.4, 0.5) is 11.4 Å². The summed E-state index contributed by atoms with van der Waals surface area (Å²) < 4.78 is 25.9. The van der Waals surface area contributed by atoms with Crippen molar-refractivity contribution < 1.29 is 8.42 Å². The number of nitrogens with one attached hydrogen (secondary N) is 2. The van der Waals surface area contributed by atoms with E-state index in [0.717, 1.165) is 6.54 Å². The van der Waals surface area contributed by atoms with Gasteiger partial charge in [-0.15, -0.1) is 0 Å². The minimum atomic E-state index is -3.43. The highest BCUT2D eigenvalue weighted by atomic mass is 32.2. The van der Waals surface area contributed by atoms with E-state index in [9.17, 15) is 8.42 Å². The Morgan fingerprint density at radius 3 is 2.70 bits per heavy atom. The molecular formula is C13H21N3O2S2. The van der Waals surface area contributed by atoms with Gasteiger partial charge in [-0.25, -0.2) is 13.1 Å². The van der Waals surface area contributed by atoms with Crippen molar-refractivity contribution in [2.24, 2.45) is 5.92 Å². The van der Waals surface area contributed by atoms with E-state index in [1.165, 1.54) is 37.5 Å². The molecule has 1 aliphatic heterocycles. The first-order chi connectivity index (χ1) is 9.53. The first-order valence-corrected chi connectivity index (χ1v) is 9.31. The minimum absolute atomic E-state index is 0.232. The summed E-state index contributed by atoms with van der Waals surface area (Å²) in [5.41, 5.74) is 7.18. The van der Waals surface area contributed by atoms with E-state index >= 15 is 0 Å². The predicted octanol–water partition coefficient (Wildman–Crippen LogP) is 1.73. The molecule has 0 atom stereocenters. The third-order valence-electron chi connectivity index (χ3n) is 3.53. The molecular weight excluding hydrogens is 294 g/mol. The molecule has 7 heteroatoms. The number of rotatable bonds is 5. The van der Waals surface area contributed by atoms with E-state index in [1.807, 2.05) is 11.8 Å². The number of anilines is 2. The van der Waals surface area contributed by atoms with Gasteiger partial charge >= 0.3 is 0 Å². The largest absolute Gasteiger partial charge is 0.397 e. The van der Waals surface area contributed by atoms with Gasteiger partial charge < -0.3 is 11.1 Å². The number of benzene rings is 1. The van der Waals surface area contributed by atoms with Gasteiger partial charge in [-0.05, 0) is 55.5 Å². The van der Waals surface area contributed by atoms with Gasteiger partial charge in [-0.3, -0.25) is 0 Å². The maximum Gasteiger partial charge on any atom is 0.240 e. The van der Waals surface area contributed by atoms with E-state index in [4.69, 9.17) is 5.73 Å².